The van der Waals surface area contributed by atoms with Crippen LogP contribution in [0.3, 0.4) is 0 Å². The molecule has 1 unspecified atom stereocenters. The van der Waals surface area contributed by atoms with Gasteiger partial charge in [0.15, 0.2) is 19.2 Å². The van der Waals surface area contributed by atoms with Crippen molar-refractivity contribution in [2.24, 2.45) is 0 Å². The summed E-state index contributed by atoms with van der Waals surface area (Å²) in [6.45, 7) is 2.47. The third-order valence-electron chi connectivity index (χ3n) is 2.17. The number of rotatable bonds is 2. The predicted molar refractivity (Wildman–Crippen MR) is 46.2 cm³/mol. The fraction of sp³-hybridized carbons (Fsp3) is 0.625. The van der Waals surface area contributed by atoms with Gasteiger partial charge in [-0.25, -0.2) is 4.39 Å². The van der Waals surface area contributed by atoms with Crippen LogP contribution in [0, 0.1) is 0 Å². The van der Waals surface area contributed by atoms with Gasteiger partial charge in [0.25, 0.3) is 0 Å². The van der Waals surface area contributed by atoms with Crippen LogP contribution in [0.2, 0.25) is 0 Å². The van der Waals surface area contributed by atoms with Gasteiger partial charge in [0.2, 0.25) is 0 Å². The molecule has 0 aromatic rings. The summed E-state index contributed by atoms with van der Waals surface area (Å²) in [5.74, 6) is -2.97. The fourth-order valence-corrected chi connectivity index (χ4v) is 1.34. The second-order valence-corrected chi connectivity index (χ2v) is 3.10. The van der Waals surface area contributed by atoms with Gasteiger partial charge in [-0.1, -0.05) is 6.58 Å². The Bertz CT molecular complexity index is 277. The lowest BCUT2D eigenvalue weighted by Crippen LogP contribution is -2.53. The van der Waals surface area contributed by atoms with E-state index >= 15 is 0 Å². The van der Waals surface area contributed by atoms with Crippen LogP contribution < -0.4 is 0 Å². The van der Waals surface area contributed by atoms with Gasteiger partial charge in [-0.3, -0.25) is 0 Å². The Hall–Kier alpha value is -0.645. The molecule has 1 rings (SSSR count). The van der Waals surface area contributed by atoms with E-state index in [-0.39, 0.29) is 0 Å². The molecule has 4 atom stereocenters. The molecule has 0 spiro atoms. The van der Waals surface area contributed by atoms with Gasteiger partial charge < -0.3 is 20.1 Å². The summed E-state index contributed by atoms with van der Waals surface area (Å²) < 4.78 is 17.9. The topological polar surface area (TPSA) is 69.9 Å². The first kappa shape index (κ1) is 11.4. The number of halogens is 1. The molecule has 3 N–H and O–H groups in total. The van der Waals surface area contributed by atoms with Crippen molar-refractivity contribution in [1.82, 2.24) is 0 Å². The van der Waals surface area contributed by atoms with Crippen molar-refractivity contribution in [3.8, 4) is 0 Å². The van der Waals surface area contributed by atoms with Crippen LogP contribution in [0.4, 0.5) is 4.39 Å². The average Bonchev–Trinajstić information content (AvgIpc) is 2.27. The summed E-state index contributed by atoms with van der Waals surface area (Å²) in [4.78, 5) is 0. The normalized spacial score (nSPS) is 47.4. The van der Waals surface area contributed by atoms with E-state index in [1.54, 1.807) is 0 Å². The van der Waals surface area contributed by atoms with Gasteiger partial charge in [-0.15, -0.1) is 5.73 Å². The number of alkyl halides is 1. The van der Waals surface area contributed by atoms with E-state index in [4.69, 9.17) is 13.0 Å². The Morgan fingerprint density at radius 2 is 2.29 bits per heavy atom. The van der Waals surface area contributed by atoms with E-state index in [2.05, 4.69) is 17.0 Å². The summed E-state index contributed by atoms with van der Waals surface area (Å²) in [6, 6.07) is 0. The molecular weight excluding hydrogens is 190 g/mol. The monoisotopic (exact) mass is 200 g/mol. The second-order valence-electron chi connectivity index (χ2n) is 3.10. The number of hydrogen-bond acceptors (Lipinski definition) is 4. The number of ether oxygens (including phenoxy) is 1. The lowest BCUT2D eigenvalue weighted by atomic mass is 9.78. The molecule has 1 saturated heterocycles. The van der Waals surface area contributed by atoms with Crippen molar-refractivity contribution < 1.29 is 24.4 Å². The first-order chi connectivity index (χ1) is 6.39. The highest BCUT2D eigenvalue weighted by atomic mass is 19.2. The summed E-state index contributed by atoms with van der Waals surface area (Å²) in [5.41, 5.74) is -0.328. The molecule has 1 aliphatic heterocycles. The summed E-state index contributed by atoms with van der Waals surface area (Å²) in [7, 11) is 4.99. The van der Waals surface area contributed by atoms with Gasteiger partial charge in [0.1, 0.15) is 12.2 Å². The molecular formula is C8H10BFO4. The van der Waals surface area contributed by atoms with Gasteiger partial charge >= 0.3 is 0 Å². The van der Waals surface area contributed by atoms with E-state index < -0.39 is 30.2 Å². The van der Waals surface area contributed by atoms with Crippen LogP contribution in [0.25, 0.3) is 0 Å². The van der Waals surface area contributed by atoms with Crippen LogP contribution in [0.1, 0.15) is 0 Å². The summed E-state index contributed by atoms with van der Waals surface area (Å²) in [6.07, 6.45) is -2.18. The molecule has 76 valence electrons. The van der Waals surface area contributed by atoms with Gasteiger partial charge in [0, 0.05) is 0 Å². The zero-order chi connectivity index (χ0) is 11.0. The minimum atomic E-state index is -2.97. The molecule has 1 heterocycles. The highest BCUT2D eigenvalue weighted by Crippen LogP contribution is 2.39. The molecule has 0 saturated carbocycles. The molecule has 1 aliphatic rings. The molecule has 0 aromatic carbocycles. The zero-order valence-electron chi connectivity index (χ0n) is 7.35. The highest BCUT2D eigenvalue weighted by Gasteiger charge is 2.61. The molecule has 0 amide bonds. The summed E-state index contributed by atoms with van der Waals surface area (Å²) >= 11 is 0. The SMILES string of the molecule is [B][C@]1(F)O[C@H](CO)[C@H](O)C1(O)C=C=C. The van der Waals surface area contributed by atoms with Crippen molar-refractivity contribution >= 4 is 7.85 Å². The Morgan fingerprint density at radius 3 is 2.64 bits per heavy atom. The molecule has 2 radical (unpaired) electrons. The third-order valence-corrected chi connectivity index (χ3v) is 2.17. The summed E-state index contributed by atoms with van der Waals surface area (Å²) in [5, 5.41) is 27.8. The Balaban J connectivity index is 3.09. The maximum atomic E-state index is 13.5. The lowest BCUT2D eigenvalue weighted by molar-refractivity contribution is -0.144. The third kappa shape index (κ3) is 1.41. The van der Waals surface area contributed by atoms with E-state index in [1.165, 1.54) is 0 Å². The van der Waals surface area contributed by atoms with Gasteiger partial charge in [0.05, 0.1) is 6.61 Å². The Labute approximate surface area is 81.7 Å². The first-order valence-electron chi connectivity index (χ1n) is 3.93. The lowest BCUT2D eigenvalue weighted by Gasteiger charge is -2.29. The van der Waals surface area contributed by atoms with Crippen molar-refractivity contribution in [3.63, 3.8) is 0 Å². The molecule has 0 aliphatic carbocycles. The molecule has 0 bridgehead atoms. The maximum absolute atomic E-state index is 13.5. The standard InChI is InChI=1S/C8H10BFO4/c1-2-3-7(13)6(12)5(4-11)14-8(7,9)10/h3,5-6,11-13H,1,4H2/t5-,6+,7?,8-/m1/s1. The molecule has 4 nitrogen and oxygen atoms in total. The average molecular weight is 200 g/mol. The van der Waals surface area contributed by atoms with E-state index in [1.807, 2.05) is 0 Å². The largest absolute Gasteiger partial charge is 0.394 e. The van der Waals surface area contributed by atoms with Crippen molar-refractivity contribution in [2.75, 3.05) is 6.61 Å². The van der Waals surface area contributed by atoms with E-state index in [0.29, 0.717) is 0 Å². The smallest absolute Gasteiger partial charge is 0.195 e. The van der Waals surface area contributed by atoms with Crippen LogP contribution in [-0.2, 0) is 4.74 Å². The van der Waals surface area contributed by atoms with Crippen LogP contribution >= 0.6 is 0 Å². The van der Waals surface area contributed by atoms with Gasteiger partial charge in [-0.05, 0) is 6.08 Å². The van der Waals surface area contributed by atoms with E-state index in [0.717, 1.165) is 6.08 Å². The minimum Gasteiger partial charge on any atom is -0.394 e. The van der Waals surface area contributed by atoms with E-state index in [9.17, 15) is 14.6 Å². The quantitative estimate of drug-likeness (QED) is 0.378. The van der Waals surface area contributed by atoms with Crippen molar-refractivity contribution in [1.29, 1.82) is 0 Å². The Morgan fingerprint density at radius 1 is 1.71 bits per heavy atom. The van der Waals surface area contributed by atoms with Crippen molar-refractivity contribution in [3.05, 3.63) is 18.4 Å². The fourth-order valence-electron chi connectivity index (χ4n) is 1.34. The molecule has 6 heteroatoms. The zero-order valence-corrected chi connectivity index (χ0v) is 7.35. The number of aliphatic hydroxyl groups is 3. The molecule has 0 aromatic heterocycles. The van der Waals surface area contributed by atoms with Crippen molar-refractivity contribution in [2.45, 2.75) is 23.6 Å². The number of aliphatic hydroxyl groups excluding tert-OH is 2. The minimum absolute atomic E-state index is 0.655. The number of hydrogen-bond donors (Lipinski definition) is 3. The Kier molecular flexibility index (Phi) is 2.85. The highest BCUT2D eigenvalue weighted by molar-refractivity contribution is 6.14. The second kappa shape index (κ2) is 3.49. The molecule has 14 heavy (non-hydrogen) atoms. The van der Waals surface area contributed by atoms with Crippen LogP contribution in [0.5, 0.6) is 0 Å². The molecule has 1 fully saturated rings. The predicted octanol–water partition coefficient (Wildman–Crippen LogP) is -1.40. The van der Waals surface area contributed by atoms with Crippen LogP contribution in [0.15, 0.2) is 18.4 Å². The first-order valence-corrected chi connectivity index (χ1v) is 3.93. The van der Waals surface area contributed by atoms with Gasteiger partial charge in [-0.2, -0.15) is 0 Å². The maximum Gasteiger partial charge on any atom is 0.195 e. The van der Waals surface area contributed by atoms with Crippen LogP contribution in [-0.4, -0.2) is 53.3 Å².